The predicted molar refractivity (Wildman–Crippen MR) is 80.6 cm³/mol. The van der Waals surface area contributed by atoms with Gasteiger partial charge in [0, 0.05) is 11.9 Å². The van der Waals surface area contributed by atoms with Gasteiger partial charge in [0.2, 0.25) is 10.0 Å². The Morgan fingerprint density at radius 3 is 2.75 bits per heavy atom. The second-order valence-corrected chi connectivity index (χ2v) is 8.30. The zero-order chi connectivity index (χ0) is 14.2. The molecule has 1 fully saturated rings. The Morgan fingerprint density at radius 2 is 2.00 bits per heavy atom. The first kappa shape index (κ1) is 14.4. The Labute approximate surface area is 125 Å². The fraction of sp³-hybridized carbons (Fsp3) is 0.600. The summed E-state index contributed by atoms with van der Waals surface area (Å²) in [6.07, 6.45) is 6.12. The molecule has 1 saturated carbocycles. The van der Waals surface area contributed by atoms with Crippen LogP contribution in [0, 0.1) is 5.92 Å². The topological polar surface area (TPSA) is 46.2 Å². The van der Waals surface area contributed by atoms with Gasteiger partial charge in [-0.3, -0.25) is 0 Å². The standard InChI is InChI=1S/C15H20ClNO2S/c16-14-6-4-11(8-14)10-17-20(18,19)15-7-5-12-2-1-3-13(12)9-15/h5,7,9,11,14,17H,1-4,6,8,10H2. The van der Waals surface area contributed by atoms with Gasteiger partial charge in [-0.2, -0.15) is 0 Å². The average molecular weight is 314 g/mol. The van der Waals surface area contributed by atoms with Crippen LogP contribution in [0.5, 0.6) is 0 Å². The summed E-state index contributed by atoms with van der Waals surface area (Å²) in [5.41, 5.74) is 2.49. The number of halogens is 1. The van der Waals surface area contributed by atoms with Crippen molar-refractivity contribution in [3.63, 3.8) is 0 Å². The molecule has 0 heterocycles. The van der Waals surface area contributed by atoms with E-state index >= 15 is 0 Å². The molecular weight excluding hydrogens is 294 g/mol. The normalized spacial score (nSPS) is 25.9. The predicted octanol–water partition coefficient (Wildman–Crippen LogP) is 2.86. The van der Waals surface area contributed by atoms with Crippen molar-refractivity contribution >= 4 is 21.6 Å². The molecule has 20 heavy (non-hydrogen) atoms. The lowest BCUT2D eigenvalue weighted by molar-refractivity contribution is 0.520. The molecule has 2 atom stereocenters. The van der Waals surface area contributed by atoms with Crippen molar-refractivity contribution < 1.29 is 8.42 Å². The summed E-state index contributed by atoms with van der Waals surface area (Å²) in [7, 11) is -3.38. The van der Waals surface area contributed by atoms with E-state index in [4.69, 9.17) is 11.6 Å². The SMILES string of the molecule is O=S(=O)(NCC1CCC(Cl)C1)c1ccc2c(c1)CCC2. The van der Waals surface area contributed by atoms with E-state index in [-0.39, 0.29) is 5.38 Å². The average Bonchev–Trinajstić information content (AvgIpc) is 3.04. The highest BCUT2D eigenvalue weighted by Gasteiger charge is 2.25. The summed E-state index contributed by atoms with van der Waals surface area (Å²) < 4.78 is 27.4. The number of fused-ring (bicyclic) bond motifs is 1. The molecule has 110 valence electrons. The molecule has 0 bridgehead atoms. The first-order valence-electron chi connectivity index (χ1n) is 7.30. The number of hydrogen-bond acceptors (Lipinski definition) is 2. The van der Waals surface area contributed by atoms with Gasteiger partial charge in [0.25, 0.3) is 0 Å². The van der Waals surface area contributed by atoms with Crippen LogP contribution >= 0.6 is 11.6 Å². The summed E-state index contributed by atoms with van der Waals surface area (Å²) in [5.74, 6) is 0.377. The largest absolute Gasteiger partial charge is 0.240 e. The molecule has 0 amide bonds. The second-order valence-electron chi connectivity index (χ2n) is 5.91. The van der Waals surface area contributed by atoms with Crippen molar-refractivity contribution in [3.8, 4) is 0 Å². The van der Waals surface area contributed by atoms with Gasteiger partial charge in [-0.25, -0.2) is 13.1 Å². The van der Waals surface area contributed by atoms with Gasteiger partial charge in [0.05, 0.1) is 4.90 Å². The van der Waals surface area contributed by atoms with E-state index in [1.807, 2.05) is 12.1 Å². The lowest BCUT2D eigenvalue weighted by Crippen LogP contribution is -2.28. The van der Waals surface area contributed by atoms with E-state index in [9.17, 15) is 8.42 Å². The molecular formula is C15H20ClNO2S. The number of benzene rings is 1. The Hall–Kier alpha value is -0.580. The van der Waals surface area contributed by atoms with E-state index in [1.165, 1.54) is 11.1 Å². The summed E-state index contributed by atoms with van der Waals surface area (Å²) in [4.78, 5) is 0.401. The van der Waals surface area contributed by atoms with Crippen LogP contribution in [0.1, 0.15) is 36.8 Å². The quantitative estimate of drug-likeness (QED) is 0.869. The third-order valence-corrected chi connectivity index (χ3v) is 6.24. The third-order valence-electron chi connectivity index (χ3n) is 4.42. The molecule has 3 nitrogen and oxygen atoms in total. The van der Waals surface area contributed by atoms with Gasteiger partial charge in [-0.15, -0.1) is 11.6 Å². The molecule has 0 spiro atoms. The maximum Gasteiger partial charge on any atom is 0.240 e. The highest BCUT2D eigenvalue weighted by atomic mass is 35.5. The molecule has 2 unspecified atom stereocenters. The lowest BCUT2D eigenvalue weighted by Gasteiger charge is -2.12. The van der Waals surface area contributed by atoms with E-state index in [0.717, 1.165) is 38.5 Å². The fourth-order valence-corrected chi connectivity index (χ4v) is 4.77. The number of sulfonamides is 1. The molecule has 3 rings (SSSR count). The zero-order valence-electron chi connectivity index (χ0n) is 11.4. The van der Waals surface area contributed by atoms with Gasteiger partial charge in [0.1, 0.15) is 0 Å². The first-order valence-corrected chi connectivity index (χ1v) is 9.22. The summed E-state index contributed by atoms with van der Waals surface area (Å²) in [5, 5.41) is 0.212. The van der Waals surface area contributed by atoms with Crippen molar-refractivity contribution in [1.82, 2.24) is 4.72 Å². The van der Waals surface area contributed by atoms with Crippen LogP contribution in [0.3, 0.4) is 0 Å². The van der Waals surface area contributed by atoms with Gasteiger partial charge < -0.3 is 0 Å². The molecule has 2 aliphatic carbocycles. The van der Waals surface area contributed by atoms with Crippen LogP contribution in [0.2, 0.25) is 0 Å². The number of rotatable bonds is 4. The van der Waals surface area contributed by atoms with Crippen LogP contribution in [-0.4, -0.2) is 20.3 Å². The molecule has 0 saturated heterocycles. The van der Waals surface area contributed by atoms with Crippen LogP contribution in [0.4, 0.5) is 0 Å². The second kappa shape index (κ2) is 5.66. The minimum atomic E-state index is -3.38. The number of alkyl halides is 1. The molecule has 0 aromatic heterocycles. The Morgan fingerprint density at radius 1 is 1.20 bits per heavy atom. The van der Waals surface area contributed by atoms with Crippen LogP contribution in [0.25, 0.3) is 0 Å². The molecule has 0 radical (unpaired) electrons. The van der Waals surface area contributed by atoms with Crippen molar-refractivity contribution in [2.24, 2.45) is 5.92 Å². The first-order chi connectivity index (χ1) is 9.54. The van der Waals surface area contributed by atoms with Crippen LogP contribution < -0.4 is 4.72 Å². The highest BCUT2D eigenvalue weighted by molar-refractivity contribution is 7.89. The Kier molecular flexibility index (Phi) is 4.07. The fourth-order valence-electron chi connectivity index (χ4n) is 3.23. The van der Waals surface area contributed by atoms with E-state index in [0.29, 0.717) is 17.4 Å². The van der Waals surface area contributed by atoms with Crippen LogP contribution in [0.15, 0.2) is 23.1 Å². The van der Waals surface area contributed by atoms with E-state index in [1.54, 1.807) is 6.07 Å². The monoisotopic (exact) mass is 313 g/mol. The minimum Gasteiger partial charge on any atom is -0.211 e. The summed E-state index contributed by atoms with van der Waals surface area (Å²) in [6, 6.07) is 5.52. The smallest absolute Gasteiger partial charge is 0.211 e. The summed E-state index contributed by atoms with van der Waals surface area (Å²) >= 11 is 6.06. The Balaban J connectivity index is 1.68. The van der Waals surface area contributed by atoms with Crippen molar-refractivity contribution in [1.29, 1.82) is 0 Å². The van der Waals surface area contributed by atoms with Crippen molar-refractivity contribution in [2.75, 3.05) is 6.54 Å². The van der Waals surface area contributed by atoms with Gasteiger partial charge in [-0.05, 0) is 67.7 Å². The Bertz CT molecular complexity index is 600. The number of nitrogens with one attached hydrogen (secondary N) is 1. The van der Waals surface area contributed by atoms with E-state index < -0.39 is 10.0 Å². The molecule has 1 aromatic rings. The van der Waals surface area contributed by atoms with E-state index in [2.05, 4.69) is 4.72 Å². The lowest BCUT2D eigenvalue weighted by atomic mass is 10.1. The maximum atomic E-state index is 12.3. The number of aryl methyl sites for hydroxylation is 2. The zero-order valence-corrected chi connectivity index (χ0v) is 13.0. The number of hydrogen-bond donors (Lipinski definition) is 1. The minimum absolute atomic E-state index is 0.212. The molecule has 1 aromatic carbocycles. The van der Waals surface area contributed by atoms with Gasteiger partial charge in [0.15, 0.2) is 0 Å². The van der Waals surface area contributed by atoms with Crippen molar-refractivity contribution in [3.05, 3.63) is 29.3 Å². The molecule has 5 heteroatoms. The maximum absolute atomic E-state index is 12.3. The third kappa shape index (κ3) is 3.02. The van der Waals surface area contributed by atoms with Gasteiger partial charge >= 0.3 is 0 Å². The highest BCUT2D eigenvalue weighted by Crippen LogP contribution is 2.29. The van der Waals surface area contributed by atoms with Crippen LogP contribution in [-0.2, 0) is 22.9 Å². The molecule has 2 aliphatic rings. The summed E-state index contributed by atoms with van der Waals surface area (Å²) in [6.45, 7) is 0.503. The molecule has 0 aliphatic heterocycles. The van der Waals surface area contributed by atoms with Gasteiger partial charge in [-0.1, -0.05) is 6.07 Å². The molecule has 1 N–H and O–H groups in total. The van der Waals surface area contributed by atoms with Crippen molar-refractivity contribution in [2.45, 2.75) is 48.8 Å².